The number of nitrogens with one attached hydrogen (secondary N) is 1. The fraction of sp³-hybridized carbons (Fsp3) is 0.500. The number of carbonyl (C=O) groups excluding carboxylic acids is 2. The van der Waals surface area contributed by atoms with Crippen LogP contribution in [0.25, 0.3) is 0 Å². The van der Waals surface area contributed by atoms with Gasteiger partial charge in [-0.25, -0.2) is 4.79 Å². The molecule has 6 nitrogen and oxygen atoms in total. The molecule has 2 aromatic rings. The minimum atomic E-state index is -0.397. The number of benzene rings is 2. The zero-order valence-electron chi connectivity index (χ0n) is 21.0. The Bertz CT molecular complexity index is 880. The first-order valence-corrected chi connectivity index (χ1v) is 12.6. The molecular formula is C28H40N2O4. The highest BCUT2D eigenvalue weighted by atomic mass is 16.5. The van der Waals surface area contributed by atoms with Crippen molar-refractivity contribution in [2.24, 2.45) is 0 Å². The predicted molar refractivity (Wildman–Crippen MR) is 138 cm³/mol. The van der Waals surface area contributed by atoms with E-state index in [-0.39, 0.29) is 5.91 Å². The third kappa shape index (κ3) is 9.56. The van der Waals surface area contributed by atoms with Gasteiger partial charge in [-0.2, -0.15) is 0 Å². The zero-order valence-corrected chi connectivity index (χ0v) is 21.0. The summed E-state index contributed by atoms with van der Waals surface area (Å²) in [6.07, 6.45) is 7.09. The molecule has 0 unspecified atom stereocenters. The van der Waals surface area contributed by atoms with Crippen molar-refractivity contribution in [2.75, 3.05) is 38.2 Å². The number of hydrogen-bond acceptors (Lipinski definition) is 5. The lowest BCUT2D eigenvalue weighted by Crippen LogP contribution is -2.27. The minimum absolute atomic E-state index is 0.273. The predicted octanol–water partition coefficient (Wildman–Crippen LogP) is 6.18. The van der Waals surface area contributed by atoms with E-state index in [2.05, 4.69) is 31.0 Å². The van der Waals surface area contributed by atoms with Gasteiger partial charge in [0.2, 0.25) is 0 Å². The molecule has 0 heterocycles. The highest BCUT2D eigenvalue weighted by Crippen LogP contribution is 2.21. The van der Waals surface area contributed by atoms with E-state index in [4.69, 9.17) is 9.47 Å². The van der Waals surface area contributed by atoms with Crippen molar-refractivity contribution in [1.29, 1.82) is 0 Å². The molecule has 0 fully saturated rings. The minimum Gasteiger partial charge on any atom is -0.493 e. The van der Waals surface area contributed by atoms with Gasteiger partial charge in [0, 0.05) is 12.2 Å². The van der Waals surface area contributed by atoms with Crippen LogP contribution in [-0.2, 0) is 4.74 Å². The van der Waals surface area contributed by atoms with E-state index < -0.39 is 5.97 Å². The van der Waals surface area contributed by atoms with Crippen LogP contribution in [0.1, 0.15) is 80.0 Å². The monoisotopic (exact) mass is 468 g/mol. The van der Waals surface area contributed by atoms with Gasteiger partial charge >= 0.3 is 5.97 Å². The molecule has 0 atom stereocenters. The van der Waals surface area contributed by atoms with Gasteiger partial charge in [-0.1, -0.05) is 71.1 Å². The smallest absolute Gasteiger partial charge is 0.338 e. The summed E-state index contributed by atoms with van der Waals surface area (Å²) in [4.78, 5) is 27.5. The second kappa shape index (κ2) is 15.9. The lowest BCUT2D eigenvalue weighted by atomic mass is 10.1. The van der Waals surface area contributed by atoms with Gasteiger partial charge < -0.3 is 19.7 Å². The van der Waals surface area contributed by atoms with Crippen molar-refractivity contribution in [2.45, 2.75) is 59.3 Å². The van der Waals surface area contributed by atoms with Crippen LogP contribution >= 0.6 is 0 Å². The fourth-order valence-corrected chi connectivity index (χ4v) is 3.66. The number of unbranched alkanes of at least 4 members (excludes halogenated alkanes) is 5. The molecule has 186 valence electrons. The van der Waals surface area contributed by atoms with Crippen molar-refractivity contribution in [3.8, 4) is 5.75 Å². The summed E-state index contributed by atoms with van der Waals surface area (Å²) in [6, 6.07) is 14.1. The van der Waals surface area contributed by atoms with Crippen LogP contribution in [0.5, 0.6) is 5.75 Å². The molecule has 0 spiro atoms. The van der Waals surface area contributed by atoms with E-state index in [9.17, 15) is 9.59 Å². The topological polar surface area (TPSA) is 67.9 Å². The number of nitrogens with zero attached hydrogens (tertiary/aromatic N) is 1. The Labute approximate surface area is 204 Å². The van der Waals surface area contributed by atoms with Gasteiger partial charge in [0.05, 0.1) is 17.7 Å². The first kappa shape index (κ1) is 27.4. The average Bonchev–Trinajstić information content (AvgIpc) is 2.86. The summed E-state index contributed by atoms with van der Waals surface area (Å²) in [5, 5.41) is 2.88. The average molecular weight is 469 g/mol. The van der Waals surface area contributed by atoms with Gasteiger partial charge in [0.15, 0.2) is 0 Å². The molecule has 0 radical (unpaired) electrons. The van der Waals surface area contributed by atoms with Gasteiger partial charge in [-0.05, 0) is 49.8 Å². The Balaban J connectivity index is 1.90. The Kier molecular flexibility index (Phi) is 12.8. The third-order valence-electron chi connectivity index (χ3n) is 5.78. The van der Waals surface area contributed by atoms with E-state index in [1.807, 2.05) is 18.2 Å². The summed E-state index contributed by atoms with van der Waals surface area (Å²) in [5.74, 6) is -0.1000. The lowest BCUT2D eigenvalue weighted by molar-refractivity contribution is 0.0466. The van der Waals surface area contributed by atoms with E-state index in [0.717, 1.165) is 25.9 Å². The molecule has 0 saturated heterocycles. The fourth-order valence-electron chi connectivity index (χ4n) is 3.66. The molecule has 2 aromatic carbocycles. The van der Waals surface area contributed by atoms with E-state index >= 15 is 0 Å². The third-order valence-corrected chi connectivity index (χ3v) is 5.78. The molecule has 0 aliphatic rings. The van der Waals surface area contributed by atoms with Crippen LogP contribution in [0.3, 0.4) is 0 Å². The van der Waals surface area contributed by atoms with Gasteiger partial charge in [-0.15, -0.1) is 0 Å². The molecule has 0 aliphatic carbocycles. The van der Waals surface area contributed by atoms with Crippen LogP contribution < -0.4 is 10.1 Å². The summed E-state index contributed by atoms with van der Waals surface area (Å²) in [7, 11) is 0. The molecule has 0 aromatic heterocycles. The molecule has 0 saturated carbocycles. The van der Waals surface area contributed by atoms with Crippen molar-refractivity contribution in [3.63, 3.8) is 0 Å². The normalized spacial score (nSPS) is 10.8. The lowest BCUT2D eigenvalue weighted by Gasteiger charge is -2.17. The van der Waals surface area contributed by atoms with E-state index in [0.29, 0.717) is 42.3 Å². The number of carbonyl (C=O) groups is 2. The Hall–Kier alpha value is -2.86. The maximum atomic E-state index is 12.9. The van der Waals surface area contributed by atoms with E-state index in [1.165, 1.54) is 25.7 Å². The number of esters is 1. The molecule has 2 rings (SSSR count). The van der Waals surface area contributed by atoms with Crippen LogP contribution in [0.2, 0.25) is 0 Å². The van der Waals surface area contributed by atoms with Crippen LogP contribution in [0.4, 0.5) is 5.69 Å². The summed E-state index contributed by atoms with van der Waals surface area (Å²) >= 11 is 0. The number of rotatable bonds is 16. The number of anilines is 1. The first-order valence-electron chi connectivity index (χ1n) is 12.6. The van der Waals surface area contributed by atoms with E-state index in [1.54, 1.807) is 30.3 Å². The first-order chi connectivity index (χ1) is 16.6. The standard InChI is InChI=1S/C28H40N2O4/c1-4-7-8-9-10-13-20-33-26-18-12-11-17-25(26)27(31)29-24-16-14-15-23(22-24)28(32)34-21-19-30(5-2)6-3/h11-12,14-18,22H,4-10,13,19-21H2,1-3H3,(H,29,31). The SMILES string of the molecule is CCCCCCCCOc1ccccc1C(=O)Nc1cccc(C(=O)OCCN(CC)CC)c1. The molecular weight excluding hydrogens is 428 g/mol. The quantitative estimate of drug-likeness (QED) is 0.235. The highest BCUT2D eigenvalue weighted by Gasteiger charge is 2.14. The Morgan fingerprint density at radius 3 is 2.35 bits per heavy atom. The molecule has 1 N–H and O–H groups in total. The largest absolute Gasteiger partial charge is 0.493 e. The Morgan fingerprint density at radius 2 is 1.59 bits per heavy atom. The summed E-state index contributed by atoms with van der Waals surface area (Å²) in [6.45, 7) is 9.82. The number of ether oxygens (including phenoxy) is 2. The Morgan fingerprint density at radius 1 is 0.853 bits per heavy atom. The maximum absolute atomic E-state index is 12.9. The number of hydrogen-bond donors (Lipinski definition) is 1. The summed E-state index contributed by atoms with van der Waals surface area (Å²) in [5.41, 5.74) is 1.42. The van der Waals surface area contributed by atoms with Crippen LogP contribution in [0, 0.1) is 0 Å². The number of amides is 1. The van der Waals surface area contributed by atoms with Crippen molar-refractivity contribution in [3.05, 3.63) is 59.7 Å². The van der Waals surface area contributed by atoms with Gasteiger partial charge in [0.25, 0.3) is 5.91 Å². The van der Waals surface area contributed by atoms with Crippen molar-refractivity contribution in [1.82, 2.24) is 4.90 Å². The van der Waals surface area contributed by atoms with Crippen LogP contribution in [0.15, 0.2) is 48.5 Å². The summed E-state index contributed by atoms with van der Waals surface area (Å²) < 4.78 is 11.3. The number of likely N-dealkylation sites (N-methyl/N-ethyl adjacent to an activating group) is 1. The second-order valence-electron chi connectivity index (χ2n) is 8.31. The highest BCUT2D eigenvalue weighted by molar-refractivity contribution is 6.06. The van der Waals surface area contributed by atoms with Crippen molar-refractivity contribution < 1.29 is 19.1 Å². The van der Waals surface area contributed by atoms with Crippen LogP contribution in [-0.4, -0.2) is 49.6 Å². The van der Waals surface area contributed by atoms with Gasteiger partial charge in [0.1, 0.15) is 12.4 Å². The number of para-hydroxylation sites is 1. The molecule has 0 aliphatic heterocycles. The molecule has 1 amide bonds. The molecule has 6 heteroatoms. The second-order valence-corrected chi connectivity index (χ2v) is 8.31. The van der Waals surface area contributed by atoms with Crippen molar-refractivity contribution >= 4 is 17.6 Å². The molecule has 0 bridgehead atoms. The van der Waals surface area contributed by atoms with Gasteiger partial charge in [-0.3, -0.25) is 4.79 Å². The maximum Gasteiger partial charge on any atom is 0.338 e. The zero-order chi connectivity index (χ0) is 24.6. The molecule has 34 heavy (non-hydrogen) atoms.